The number of pyridine rings is 1. The number of benzene rings is 1. The van der Waals surface area contributed by atoms with Gasteiger partial charge in [0.15, 0.2) is 0 Å². The van der Waals surface area contributed by atoms with Crippen LogP contribution in [0.5, 0.6) is 0 Å². The normalized spacial score (nSPS) is 10.1. The lowest BCUT2D eigenvalue weighted by Crippen LogP contribution is -2.14. The number of nitrogens with one attached hydrogen (secondary N) is 1. The van der Waals surface area contributed by atoms with Crippen LogP contribution in [0.4, 0.5) is 10.2 Å². The van der Waals surface area contributed by atoms with E-state index in [-0.39, 0.29) is 16.9 Å². The Balaban J connectivity index is 2.25. The molecular formula is C13H8BrFN2O3. The minimum Gasteiger partial charge on any atom is -0.478 e. The summed E-state index contributed by atoms with van der Waals surface area (Å²) in [5.41, 5.74) is 0.0844. The van der Waals surface area contributed by atoms with Crippen molar-refractivity contribution in [2.45, 2.75) is 0 Å². The first-order chi connectivity index (χ1) is 9.47. The molecule has 0 spiro atoms. The summed E-state index contributed by atoms with van der Waals surface area (Å²) < 4.78 is 13.5. The van der Waals surface area contributed by atoms with Crippen molar-refractivity contribution < 1.29 is 19.1 Å². The average molecular weight is 339 g/mol. The first kappa shape index (κ1) is 14.1. The summed E-state index contributed by atoms with van der Waals surface area (Å²) in [6, 6.07) is 6.21. The van der Waals surface area contributed by atoms with E-state index in [2.05, 4.69) is 26.2 Å². The summed E-state index contributed by atoms with van der Waals surface area (Å²) in [7, 11) is 0. The molecule has 1 heterocycles. The lowest BCUT2D eigenvalue weighted by Gasteiger charge is -2.06. The highest BCUT2D eigenvalue weighted by Crippen LogP contribution is 2.19. The van der Waals surface area contributed by atoms with Gasteiger partial charge in [0.2, 0.25) is 0 Å². The number of carboxylic acids is 1. The molecule has 5 nitrogen and oxygen atoms in total. The first-order valence-electron chi connectivity index (χ1n) is 5.43. The predicted molar refractivity (Wildman–Crippen MR) is 73.2 cm³/mol. The van der Waals surface area contributed by atoms with Gasteiger partial charge in [-0.2, -0.15) is 0 Å². The van der Waals surface area contributed by atoms with Crippen LogP contribution in [0, 0.1) is 5.82 Å². The van der Waals surface area contributed by atoms with E-state index in [0.717, 1.165) is 6.07 Å². The van der Waals surface area contributed by atoms with Crippen molar-refractivity contribution in [3.8, 4) is 0 Å². The van der Waals surface area contributed by atoms with Gasteiger partial charge in [0, 0.05) is 10.7 Å². The molecule has 0 saturated heterocycles. The van der Waals surface area contributed by atoms with Gasteiger partial charge in [-0.05, 0) is 46.3 Å². The molecule has 0 radical (unpaired) electrons. The molecule has 0 saturated carbocycles. The maximum atomic E-state index is 13.1. The molecule has 0 atom stereocenters. The smallest absolute Gasteiger partial charge is 0.335 e. The number of aromatic nitrogens is 1. The molecule has 0 bridgehead atoms. The Morgan fingerprint density at radius 1 is 1.25 bits per heavy atom. The number of halogens is 2. The molecule has 1 aromatic heterocycles. The van der Waals surface area contributed by atoms with Crippen molar-refractivity contribution in [2.75, 3.05) is 5.32 Å². The highest BCUT2D eigenvalue weighted by atomic mass is 79.9. The molecule has 0 fully saturated rings. The molecule has 0 aliphatic heterocycles. The molecule has 2 rings (SSSR count). The fourth-order valence-corrected chi connectivity index (χ4v) is 1.91. The molecule has 0 unspecified atom stereocenters. The number of rotatable bonds is 3. The molecule has 0 aliphatic rings. The van der Waals surface area contributed by atoms with Crippen molar-refractivity contribution in [2.24, 2.45) is 0 Å². The van der Waals surface area contributed by atoms with Crippen molar-refractivity contribution in [3.05, 3.63) is 57.9 Å². The summed E-state index contributed by atoms with van der Waals surface area (Å²) in [4.78, 5) is 26.6. The van der Waals surface area contributed by atoms with Crippen LogP contribution in [-0.4, -0.2) is 22.0 Å². The van der Waals surface area contributed by atoms with Crippen LogP contribution in [0.3, 0.4) is 0 Å². The van der Waals surface area contributed by atoms with Gasteiger partial charge in [-0.1, -0.05) is 0 Å². The fraction of sp³-hybridized carbons (Fsp3) is 0. The van der Waals surface area contributed by atoms with E-state index in [1.54, 1.807) is 0 Å². The average Bonchev–Trinajstić information content (AvgIpc) is 2.41. The van der Waals surface area contributed by atoms with E-state index >= 15 is 0 Å². The maximum absolute atomic E-state index is 13.1. The van der Waals surface area contributed by atoms with E-state index in [1.165, 1.54) is 30.5 Å². The second kappa shape index (κ2) is 5.79. The van der Waals surface area contributed by atoms with E-state index < -0.39 is 17.7 Å². The number of carboxylic acid groups (broad SMARTS) is 1. The summed E-state index contributed by atoms with van der Waals surface area (Å²) >= 11 is 3.14. The Bertz CT molecular complexity index is 691. The lowest BCUT2D eigenvalue weighted by atomic mass is 10.2. The molecule has 0 aliphatic carbocycles. The van der Waals surface area contributed by atoms with E-state index in [4.69, 9.17) is 5.11 Å². The van der Waals surface area contributed by atoms with Gasteiger partial charge in [0.05, 0.1) is 11.1 Å². The van der Waals surface area contributed by atoms with E-state index in [0.29, 0.717) is 4.47 Å². The highest BCUT2D eigenvalue weighted by molar-refractivity contribution is 9.10. The minimum absolute atomic E-state index is 0.00592. The maximum Gasteiger partial charge on any atom is 0.335 e. The predicted octanol–water partition coefficient (Wildman–Crippen LogP) is 2.93. The van der Waals surface area contributed by atoms with E-state index in [9.17, 15) is 14.0 Å². The van der Waals surface area contributed by atoms with Crippen LogP contribution in [0.25, 0.3) is 0 Å². The summed E-state index contributed by atoms with van der Waals surface area (Å²) in [6.45, 7) is 0. The number of nitrogens with zero attached hydrogens (tertiary/aromatic N) is 1. The Morgan fingerprint density at radius 3 is 2.70 bits per heavy atom. The zero-order chi connectivity index (χ0) is 14.7. The zero-order valence-electron chi connectivity index (χ0n) is 9.93. The lowest BCUT2D eigenvalue weighted by molar-refractivity contribution is 0.0696. The molecule has 102 valence electrons. The van der Waals surface area contributed by atoms with Crippen molar-refractivity contribution in [3.63, 3.8) is 0 Å². The van der Waals surface area contributed by atoms with Gasteiger partial charge < -0.3 is 10.4 Å². The number of amides is 1. The Labute approximate surface area is 121 Å². The largest absolute Gasteiger partial charge is 0.478 e. The quantitative estimate of drug-likeness (QED) is 0.901. The number of carbonyl (C=O) groups is 2. The minimum atomic E-state index is -1.13. The third-order valence-electron chi connectivity index (χ3n) is 2.42. The van der Waals surface area contributed by atoms with Crippen molar-refractivity contribution >= 4 is 33.6 Å². The molecule has 7 heteroatoms. The van der Waals surface area contributed by atoms with Crippen molar-refractivity contribution in [1.82, 2.24) is 4.98 Å². The third-order valence-corrected chi connectivity index (χ3v) is 3.11. The molecule has 1 aromatic carbocycles. The van der Waals surface area contributed by atoms with Crippen molar-refractivity contribution in [1.29, 1.82) is 0 Å². The van der Waals surface area contributed by atoms with Gasteiger partial charge in [0.1, 0.15) is 11.6 Å². The number of hydrogen-bond acceptors (Lipinski definition) is 3. The zero-order valence-corrected chi connectivity index (χ0v) is 11.5. The third kappa shape index (κ3) is 3.18. The van der Waals surface area contributed by atoms with Gasteiger partial charge in [0.25, 0.3) is 5.91 Å². The number of carbonyl (C=O) groups excluding carboxylic acids is 1. The summed E-state index contributed by atoms with van der Waals surface area (Å²) in [5, 5.41) is 11.3. The topological polar surface area (TPSA) is 79.3 Å². The summed E-state index contributed by atoms with van der Waals surface area (Å²) in [6.07, 6.45) is 1.26. The Hall–Kier alpha value is -2.28. The fourth-order valence-electron chi connectivity index (χ4n) is 1.49. The van der Waals surface area contributed by atoms with Crippen LogP contribution >= 0.6 is 15.9 Å². The highest BCUT2D eigenvalue weighted by Gasteiger charge is 2.13. The number of hydrogen-bond donors (Lipinski definition) is 2. The second-order valence-corrected chi connectivity index (χ2v) is 4.67. The molecule has 20 heavy (non-hydrogen) atoms. The molecule has 2 N–H and O–H groups in total. The number of anilines is 1. The second-order valence-electron chi connectivity index (χ2n) is 3.81. The summed E-state index contributed by atoms with van der Waals surface area (Å²) in [5.74, 6) is -2.20. The van der Waals surface area contributed by atoms with Crippen LogP contribution in [0.15, 0.2) is 41.0 Å². The number of aromatic carboxylic acids is 1. The standard InChI is InChI=1S/C13H8BrFN2O3/c14-10-2-1-8(15)6-9(10)12(18)17-11-5-7(13(19)20)3-4-16-11/h1-6H,(H,19,20)(H,16,17,18). The molecule has 2 aromatic rings. The molecule has 1 amide bonds. The van der Waals surface area contributed by atoms with Crippen LogP contribution < -0.4 is 5.32 Å². The van der Waals surface area contributed by atoms with Gasteiger partial charge in [-0.15, -0.1) is 0 Å². The van der Waals surface area contributed by atoms with Crippen LogP contribution in [-0.2, 0) is 0 Å². The first-order valence-corrected chi connectivity index (χ1v) is 6.22. The Kier molecular flexibility index (Phi) is 4.09. The van der Waals surface area contributed by atoms with Gasteiger partial charge in [-0.3, -0.25) is 4.79 Å². The van der Waals surface area contributed by atoms with Crippen LogP contribution in [0.1, 0.15) is 20.7 Å². The molecular weight excluding hydrogens is 331 g/mol. The van der Waals surface area contributed by atoms with Gasteiger partial charge in [-0.25, -0.2) is 14.2 Å². The van der Waals surface area contributed by atoms with Crippen LogP contribution in [0.2, 0.25) is 0 Å². The van der Waals surface area contributed by atoms with E-state index in [1.807, 2.05) is 0 Å². The van der Waals surface area contributed by atoms with Gasteiger partial charge >= 0.3 is 5.97 Å². The SMILES string of the molecule is O=C(O)c1ccnc(NC(=O)c2cc(F)ccc2Br)c1. The Morgan fingerprint density at radius 2 is 2.00 bits per heavy atom. The monoisotopic (exact) mass is 338 g/mol.